The second kappa shape index (κ2) is 18.9. The molecule has 0 heterocycles. The van der Waals surface area contributed by atoms with Gasteiger partial charge in [-0.15, -0.1) is 58.8 Å². The first-order chi connectivity index (χ1) is 9.81. The first-order valence-corrected chi connectivity index (χ1v) is 13.7. The summed E-state index contributed by atoms with van der Waals surface area (Å²) >= 11 is 12.0. The van der Waals surface area contributed by atoms with Gasteiger partial charge in [-0.1, -0.05) is 18.7 Å². The van der Waals surface area contributed by atoms with Crippen LogP contribution in [0.2, 0.25) is 0 Å². The molecule has 0 saturated carbocycles. The van der Waals surface area contributed by atoms with Gasteiger partial charge in [-0.2, -0.15) is 11.8 Å². The van der Waals surface area contributed by atoms with Crippen molar-refractivity contribution in [2.45, 2.75) is 6.92 Å². The number of aliphatic hydroxyl groups is 1. The molecule has 0 aromatic heterocycles. The molecule has 0 bridgehead atoms. The van der Waals surface area contributed by atoms with Crippen LogP contribution in [0.4, 0.5) is 4.79 Å². The third-order valence-corrected chi connectivity index (χ3v) is 9.37. The quantitative estimate of drug-likeness (QED) is 0.317. The smallest absolute Gasteiger partial charge is 0.280 e. The van der Waals surface area contributed by atoms with Crippen LogP contribution in [0.15, 0.2) is 0 Å². The summed E-state index contributed by atoms with van der Waals surface area (Å²) in [5.41, 5.74) is 0. The fourth-order valence-corrected chi connectivity index (χ4v) is 7.85. The van der Waals surface area contributed by atoms with E-state index in [0.717, 1.165) is 20.3 Å². The third kappa shape index (κ3) is 17.9. The summed E-state index contributed by atoms with van der Waals surface area (Å²) in [6.45, 7) is 2.18. The average molecular weight is 412 g/mol. The third-order valence-electron chi connectivity index (χ3n) is 1.55. The summed E-state index contributed by atoms with van der Waals surface area (Å²) in [5.74, 6) is 2.02. The summed E-state index contributed by atoms with van der Waals surface area (Å²) < 4.78 is 0. The molecule has 0 saturated heterocycles. The van der Waals surface area contributed by atoms with Crippen molar-refractivity contribution in [3.05, 3.63) is 0 Å². The van der Waals surface area contributed by atoms with Crippen molar-refractivity contribution in [2.24, 2.45) is 0 Å². The molecule has 3 nitrogen and oxygen atoms in total. The topological polar surface area (TPSA) is 49.3 Å². The van der Waals surface area contributed by atoms with E-state index in [1.807, 2.05) is 35.3 Å². The van der Waals surface area contributed by atoms with E-state index < -0.39 is 0 Å². The van der Waals surface area contributed by atoms with Gasteiger partial charge in [0.25, 0.3) is 5.24 Å². The highest BCUT2D eigenvalue weighted by molar-refractivity contribution is 8.27. The lowest BCUT2D eigenvalue weighted by Gasteiger charge is -2.04. The Morgan fingerprint density at radius 1 is 0.900 bits per heavy atom. The standard InChI is InChI=1S/C10H21NO2S7/c1-2-14-5-17-8-18-6-15-3-11-10(13)20-9-19-7-16-4-12/h12H,2-9H2,1H3,(H,11,13). The highest BCUT2D eigenvalue weighted by atomic mass is 32.3. The van der Waals surface area contributed by atoms with Crippen LogP contribution in [0.1, 0.15) is 6.92 Å². The summed E-state index contributed by atoms with van der Waals surface area (Å²) in [7, 11) is 0. The minimum atomic E-state index is 0.0396. The molecule has 0 fully saturated rings. The summed E-state index contributed by atoms with van der Waals surface area (Å²) in [5, 5.41) is 16.4. The molecule has 0 rings (SSSR count). The lowest BCUT2D eigenvalue weighted by molar-refractivity contribution is 0.262. The lowest BCUT2D eigenvalue weighted by atomic mass is 11.0. The highest BCUT2D eigenvalue weighted by Crippen LogP contribution is 2.21. The Balaban J connectivity index is 3.11. The van der Waals surface area contributed by atoms with E-state index in [1.54, 1.807) is 23.5 Å². The monoisotopic (exact) mass is 411 g/mol. The van der Waals surface area contributed by atoms with Crippen LogP contribution in [-0.4, -0.2) is 53.3 Å². The minimum absolute atomic E-state index is 0.0396. The number of amides is 1. The zero-order valence-corrected chi connectivity index (χ0v) is 17.1. The molecule has 10 heteroatoms. The molecular weight excluding hydrogens is 391 g/mol. The second-order valence-electron chi connectivity index (χ2n) is 2.98. The summed E-state index contributed by atoms with van der Waals surface area (Å²) in [4.78, 5) is 11.4. The van der Waals surface area contributed by atoms with Crippen molar-refractivity contribution in [1.29, 1.82) is 0 Å². The second-order valence-corrected chi connectivity index (χ2v) is 11.9. The van der Waals surface area contributed by atoms with Gasteiger partial charge in [0, 0.05) is 25.4 Å². The Labute approximate surface area is 151 Å². The molecule has 0 aromatic rings. The molecule has 0 aliphatic heterocycles. The zero-order valence-electron chi connectivity index (χ0n) is 11.4. The molecule has 0 unspecified atom stereocenters. The molecule has 20 heavy (non-hydrogen) atoms. The normalized spacial score (nSPS) is 10.7. The predicted molar refractivity (Wildman–Crippen MR) is 108 cm³/mol. The van der Waals surface area contributed by atoms with E-state index in [2.05, 4.69) is 12.2 Å². The Morgan fingerprint density at radius 3 is 2.20 bits per heavy atom. The number of hydrogen-bond acceptors (Lipinski definition) is 9. The van der Waals surface area contributed by atoms with Crippen molar-refractivity contribution >= 4 is 87.6 Å². The van der Waals surface area contributed by atoms with Crippen LogP contribution in [0.5, 0.6) is 0 Å². The van der Waals surface area contributed by atoms with E-state index in [9.17, 15) is 4.79 Å². The number of thioether (sulfide) groups is 7. The van der Waals surface area contributed by atoms with E-state index in [-0.39, 0.29) is 11.2 Å². The number of rotatable bonds is 14. The maximum absolute atomic E-state index is 11.4. The maximum Gasteiger partial charge on any atom is 0.280 e. The van der Waals surface area contributed by atoms with E-state index >= 15 is 0 Å². The predicted octanol–water partition coefficient (Wildman–Crippen LogP) is 4.54. The van der Waals surface area contributed by atoms with Crippen molar-refractivity contribution in [1.82, 2.24) is 5.32 Å². The largest absolute Gasteiger partial charge is 0.386 e. The van der Waals surface area contributed by atoms with Crippen LogP contribution in [0.3, 0.4) is 0 Å². The fraction of sp³-hybridized carbons (Fsp3) is 0.900. The molecule has 0 aliphatic rings. The fourth-order valence-electron chi connectivity index (χ4n) is 0.756. The number of carbonyl (C=O) groups excluding carboxylic acids is 1. The SMILES string of the molecule is CCSCSCSCSCNC(=O)SCSCSCO. The van der Waals surface area contributed by atoms with Gasteiger partial charge in [0.05, 0.1) is 11.8 Å². The Kier molecular flexibility index (Phi) is 20.7. The van der Waals surface area contributed by atoms with Crippen LogP contribution in [-0.2, 0) is 0 Å². The van der Waals surface area contributed by atoms with E-state index in [4.69, 9.17) is 5.11 Å². The lowest BCUT2D eigenvalue weighted by Crippen LogP contribution is -2.17. The molecule has 0 radical (unpaired) electrons. The average Bonchev–Trinajstić information content (AvgIpc) is 2.45. The van der Waals surface area contributed by atoms with Gasteiger partial charge in [-0.25, -0.2) is 0 Å². The Morgan fingerprint density at radius 2 is 1.50 bits per heavy atom. The Bertz CT molecular complexity index is 224. The number of carbonyl (C=O) groups is 1. The van der Waals surface area contributed by atoms with Crippen molar-refractivity contribution in [3.63, 3.8) is 0 Å². The molecule has 1 amide bonds. The summed E-state index contributed by atoms with van der Waals surface area (Å²) in [6.07, 6.45) is 0. The number of hydrogen-bond donors (Lipinski definition) is 2. The van der Waals surface area contributed by atoms with Crippen LogP contribution in [0.25, 0.3) is 0 Å². The van der Waals surface area contributed by atoms with Crippen molar-refractivity contribution in [3.8, 4) is 0 Å². The maximum atomic E-state index is 11.4. The number of nitrogens with one attached hydrogen (secondary N) is 1. The van der Waals surface area contributed by atoms with Gasteiger partial charge in [-0.05, 0) is 5.75 Å². The molecule has 120 valence electrons. The zero-order chi connectivity index (χ0) is 14.9. The van der Waals surface area contributed by atoms with Gasteiger partial charge >= 0.3 is 0 Å². The van der Waals surface area contributed by atoms with Gasteiger partial charge in [-0.3, -0.25) is 4.79 Å². The first-order valence-electron chi connectivity index (χ1n) is 5.79. The van der Waals surface area contributed by atoms with E-state index in [1.165, 1.54) is 34.4 Å². The molecule has 0 aromatic carbocycles. The molecular formula is C10H21NO2S7. The first kappa shape index (κ1) is 21.9. The molecule has 2 N–H and O–H groups in total. The van der Waals surface area contributed by atoms with E-state index in [0.29, 0.717) is 5.88 Å². The molecule has 0 spiro atoms. The van der Waals surface area contributed by atoms with Crippen LogP contribution >= 0.6 is 82.3 Å². The van der Waals surface area contributed by atoms with Crippen molar-refractivity contribution < 1.29 is 9.90 Å². The number of aliphatic hydroxyl groups excluding tert-OH is 1. The van der Waals surface area contributed by atoms with Gasteiger partial charge in [0.1, 0.15) is 0 Å². The van der Waals surface area contributed by atoms with Crippen LogP contribution in [0, 0.1) is 0 Å². The van der Waals surface area contributed by atoms with Gasteiger partial charge in [0.2, 0.25) is 0 Å². The Hall–Kier alpha value is 1.88. The van der Waals surface area contributed by atoms with Gasteiger partial charge in [0.15, 0.2) is 0 Å². The van der Waals surface area contributed by atoms with Crippen LogP contribution < -0.4 is 5.32 Å². The highest BCUT2D eigenvalue weighted by Gasteiger charge is 2.01. The van der Waals surface area contributed by atoms with Gasteiger partial charge < -0.3 is 10.4 Å². The molecule has 0 atom stereocenters. The molecule has 0 aliphatic carbocycles. The summed E-state index contributed by atoms with van der Waals surface area (Å²) in [6, 6.07) is 0. The van der Waals surface area contributed by atoms with Crippen molar-refractivity contribution in [2.75, 3.05) is 43.0 Å². The minimum Gasteiger partial charge on any atom is -0.386 e.